The topological polar surface area (TPSA) is 84.2 Å². The molecule has 114 valence electrons. The summed E-state index contributed by atoms with van der Waals surface area (Å²) in [7, 11) is -1.87. The molecule has 0 aliphatic rings. The average Bonchev–Trinajstić information content (AvgIpc) is 2.73. The molecule has 0 fully saturated rings. The lowest BCUT2D eigenvalue weighted by Crippen LogP contribution is -2.25. The van der Waals surface area contributed by atoms with Crippen molar-refractivity contribution in [3.63, 3.8) is 0 Å². The molecule has 0 aromatic carbocycles. The molecule has 2 aromatic heterocycles. The molecule has 0 atom stereocenters. The summed E-state index contributed by atoms with van der Waals surface area (Å²) in [6.45, 7) is 4.05. The van der Waals surface area contributed by atoms with Crippen LogP contribution in [-0.2, 0) is 23.1 Å². The number of furan rings is 1. The molecule has 0 saturated heterocycles. The van der Waals surface area contributed by atoms with E-state index < -0.39 is 10.0 Å². The van der Waals surface area contributed by atoms with E-state index in [2.05, 4.69) is 15.0 Å². The second-order valence-corrected chi connectivity index (χ2v) is 6.44. The Morgan fingerprint density at radius 3 is 2.62 bits per heavy atom. The van der Waals surface area contributed by atoms with E-state index in [0.29, 0.717) is 23.6 Å². The summed E-state index contributed by atoms with van der Waals surface area (Å²) in [6, 6.07) is 3.58. The highest BCUT2D eigenvalue weighted by atomic mass is 32.2. The van der Waals surface area contributed by atoms with Crippen LogP contribution in [0.2, 0.25) is 0 Å². The normalized spacial score (nSPS) is 11.8. The Morgan fingerprint density at radius 1 is 1.24 bits per heavy atom. The lowest BCUT2D eigenvalue weighted by Gasteiger charge is -2.08. The van der Waals surface area contributed by atoms with E-state index in [0.717, 1.165) is 5.56 Å². The minimum atomic E-state index is -3.63. The molecule has 2 rings (SSSR count). The van der Waals surface area contributed by atoms with E-state index in [4.69, 9.17) is 4.42 Å². The van der Waals surface area contributed by atoms with Crippen molar-refractivity contribution < 1.29 is 12.8 Å². The van der Waals surface area contributed by atoms with Crippen LogP contribution in [0, 0.1) is 13.8 Å². The van der Waals surface area contributed by atoms with Crippen LogP contribution in [0.25, 0.3) is 0 Å². The van der Waals surface area contributed by atoms with Gasteiger partial charge in [0.25, 0.3) is 0 Å². The highest BCUT2D eigenvalue weighted by molar-refractivity contribution is 7.89. The Kier molecular flexibility index (Phi) is 4.76. The summed E-state index contributed by atoms with van der Waals surface area (Å²) in [6.07, 6.45) is 3.27. The Morgan fingerprint density at radius 2 is 2.00 bits per heavy atom. The summed E-state index contributed by atoms with van der Waals surface area (Å²) in [5.74, 6) is 1.01. The second-order valence-electron chi connectivity index (χ2n) is 4.74. The first kappa shape index (κ1) is 15.7. The van der Waals surface area contributed by atoms with Crippen LogP contribution in [0.3, 0.4) is 0 Å². The monoisotopic (exact) mass is 309 g/mol. The lowest BCUT2D eigenvalue weighted by molar-refractivity contribution is 0.493. The number of rotatable bonds is 6. The molecule has 2 N–H and O–H groups in total. The highest BCUT2D eigenvalue weighted by Crippen LogP contribution is 2.26. The van der Waals surface area contributed by atoms with E-state index in [1.54, 1.807) is 39.4 Å². The van der Waals surface area contributed by atoms with Gasteiger partial charge in [0.05, 0.1) is 0 Å². The Bertz CT molecular complexity index is 709. The largest absolute Gasteiger partial charge is 0.465 e. The van der Waals surface area contributed by atoms with Crippen molar-refractivity contribution in [2.75, 3.05) is 7.05 Å². The molecule has 0 unspecified atom stereocenters. The van der Waals surface area contributed by atoms with E-state index in [1.165, 1.54) is 0 Å². The van der Waals surface area contributed by atoms with Crippen molar-refractivity contribution in [1.82, 2.24) is 15.0 Å². The van der Waals surface area contributed by atoms with Gasteiger partial charge in [-0.05, 0) is 32.5 Å². The zero-order chi connectivity index (χ0) is 15.5. The third-order valence-electron chi connectivity index (χ3n) is 3.14. The molecule has 0 saturated carbocycles. The molecule has 0 amide bonds. The van der Waals surface area contributed by atoms with Crippen molar-refractivity contribution in [3.8, 4) is 0 Å². The predicted octanol–water partition coefficient (Wildman–Crippen LogP) is 1.49. The first-order chi connectivity index (χ1) is 9.95. The molecule has 2 heterocycles. The standard InChI is InChI=1S/C14H19N3O3S/c1-10-13(9-15-3)14(11(2)20-10)21(18,19)17-8-12-5-4-6-16-7-12/h4-7,15,17H,8-9H2,1-3H3. The number of pyridine rings is 1. The summed E-state index contributed by atoms with van der Waals surface area (Å²) in [5, 5.41) is 2.96. The van der Waals surface area contributed by atoms with Crippen molar-refractivity contribution >= 4 is 10.0 Å². The van der Waals surface area contributed by atoms with Gasteiger partial charge in [-0.3, -0.25) is 4.98 Å². The maximum absolute atomic E-state index is 12.5. The molecule has 7 heteroatoms. The van der Waals surface area contributed by atoms with Gasteiger partial charge in [0.2, 0.25) is 10.0 Å². The van der Waals surface area contributed by atoms with Gasteiger partial charge in [0.15, 0.2) is 0 Å². The van der Waals surface area contributed by atoms with Crippen LogP contribution in [0.15, 0.2) is 33.8 Å². The van der Waals surface area contributed by atoms with Gasteiger partial charge in [0.1, 0.15) is 16.4 Å². The van der Waals surface area contributed by atoms with Gasteiger partial charge >= 0.3 is 0 Å². The molecule has 0 aliphatic heterocycles. The van der Waals surface area contributed by atoms with E-state index in [9.17, 15) is 8.42 Å². The number of nitrogens with one attached hydrogen (secondary N) is 2. The van der Waals surface area contributed by atoms with Crippen molar-refractivity contribution in [2.24, 2.45) is 0 Å². The number of aryl methyl sites for hydroxylation is 2. The van der Waals surface area contributed by atoms with Crippen molar-refractivity contribution in [3.05, 3.63) is 47.2 Å². The van der Waals surface area contributed by atoms with Crippen LogP contribution in [0.1, 0.15) is 22.6 Å². The summed E-state index contributed by atoms with van der Waals surface area (Å²) in [4.78, 5) is 4.18. The zero-order valence-corrected chi connectivity index (χ0v) is 13.1. The quantitative estimate of drug-likeness (QED) is 0.844. The maximum atomic E-state index is 12.5. The second kappa shape index (κ2) is 6.38. The zero-order valence-electron chi connectivity index (χ0n) is 12.3. The van der Waals surface area contributed by atoms with Crippen LogP contribution in [-0.4, -0.2) is 20.4 Å². The lowest BCUT2D eigenvalue weighted by atomic mass is 10.2. The van der Waals surface area contributed by atoms with Crippen LogP contribution in [0.4, 0.5) is 0 Å². The third kappa shape index (κ3) is 3.49. The first-order valence-corrected chi connectivity index (χ1v) is 8.06. The maximum Gasteiger partial charge on any atom is 0.244 e. The molecule has 0 bridgehead atoms. The van der Waals surface area contributed by atoms with E-state index in [1.807, 2.05) is 6.07 Å². The molecule has 2 aromatic rings. The smallest absolute Gasteiger partial charge is 0.244 e. The predicted molar refractivity (Wildman–Crippen MR) is 79.2 cm³/mol. The van der Waals surface area contributed by atoms with Gasteiger partial charge in [-0.2, -0.15) is 0 Å². The molecule has 0 aliphatic carbocycles. The van der Waals surface area contributed by atoms with Crippen LogP contribution >= 0.6 is 0 Å². The SMILES string of the molecule is CNCc1c(C)oc(C)c1S(=O)(=O)NCc1cccnc1. The molecular formula is C14H19N3O3S. The van der Waals surface area contributed by atoms with Crippen LogP contribution < -0.4 is 10.0 Å². The number of hydrogen-bond acceptors (Lipinski definition) is 5. The van der Waals surface area contributed by atoms with Crippen molar-refractivity contribution in [1.29, 1.82) is 0 Å². The highest BCUT2D eigenvalue weighted by Gasteiger charge is 2.26. The molecule has 0 radical (unpaired) electrons. The van der Waals surface area contributed by atoms with Gasteiger partial charge in [0, 0.05) is 31.0 Å². The average molecular weight is 309 g/mol. The van der Waals surface area contributed by atoms with Gasteiger partial charge in [-0.1, -0.05) is 6.07 Å². The third-order valence-corrected chi connectivity index (χ3v) is 4.73. The number of hydrogen-bond donors (Lipinski definition) is 2. The van der Waals surface area contributed by atoms with E-state index in [-0.39, 0.29) is 11.4 Å². The number of sulfonamides is 1. The molecule has 0 spiro atoms. The molecule has 21 heavy (non-hydrogen) atoms. The fraction of sp³-hybridized carbons (Fsp3) is 0.357. The molecule has 6 nitrogen and oxygen atoms in total. The summed E-state index contributed by atoms with van der Waals surface area (Å²) in [5.41, 5.74) is 1.46. The fourth-order valence-corrected chi connectivity index (χ4v) is 3.66. The Balaban J connectivity index is 2.27. The van der Waals surface area contributed by atoms with Gasteiger partial charge in [-0.15, -0.1) is 0 Å². The fourth-order valence-electron chi connectivity index (χ4n) is 2.20. The van der Waals surface area contributed by atoms with Gasteiger partial charge in [-0.25, -0.2) is 13.1 Å². The minimum absolute atomic E-state index is 0.193. The summed E-state index contributed by atoms with van der Waals surface area (Å²) < 4.78 is 33.1. The van der Waals surface area contributed by atoms with E-state index >= 15 is 0 Å². The minimum Gasteiger partial charge on any atom is -0.465 e. The van der Waals surface area contributed by atoms with Crippen LogP contribution in [0.5, 0.6) is 0 Å². The Labute approximate surface area is 124 Å². The number of nitrogens with zero attached hydrogens (tertiary/aromatic N) is 1. The molecular weight excluding hydrogens is 290 g/mol. The van der Waals surface area contributed by atoms with Gasteiger partial charge < -0.3 is 9.73 Å². The Hall–Kier alpha value is -1.70. The first-order valence-electron chi connectivity index (χ1n) is 6.57. The number of aromatic nitrogens is 1. The van der Waals surface area contributed by atoms with Crippen molar-refractivity contribution in [2.45, 2.75) is 31.8 Å². The summed E-state index contributed by atoms with van der Waals surface area (Å²) >= 11 is 0.